The number of hydrogen-bond donors (Lipinski definition) is 1. The summed E-state index contributed by atoms with van der Waals surface area (Å²) in [5, 5.41) is 11.5. The maximum absolute atomic E-state index is 12.7. The number of carbonyl (C=O) groups excluding carboxylic acids is 1. The molecule has 2 amide bonds. The fraction of sp³-hybridized carbons (Fsp3) is 0.263. The van der Waals surface area contributed by atoms with Gasteiger partial charge in [-0.1, -0.05) is 12.1 Å². The Morgan fingerprint density at radius 3 is 3.08 bits per heavy atom. The number of likely N-dealkylation sites (tertiary alicyclic amines) is 1. The van der Waals surface area contributed by atoms with Crippen molar-refractivity contribution in [3.63, 3.8) is 0 Å². The van der Waals surface area contributed by atoms with Crippen molar-refractivity contribution >= 4 is 23.1 Å². The normalized spacial score (nSPS) is 17.0. The molecule has 0 aliphatic carbocycles. The van der Waals surface area contributed by atoms with Crippen molar-refractivity contribution in [3.8, 4) is 0 Å². The molecule has 0 spiro atoms. The van der Waals surface area contributed by atoms with Crippen molar-refractivity contribution in [2.45, 2.75) is 25.4 Å². The Bertz CT molecular complexity index is 829. The van der Waals surface area contributed by atoms with E-state index in [2.05, 4.69) is 27.2 Å². The van der Waals surface area contributed by atoms with Gasteiger partial charge < -0.3 is 10.2 Å². The van der Waals surface area contributed by atoms with Crippen LogP contribution in [0.15, 0.2) is 59.6 Å². The van der Waals surface area contributed by atoms with E-state index in [9.17, 15) is 4.79 Å². The Labute approximate surface area is 150 Å². The quantitative estimate of drug-likeness (QED) is 0.758. The first-order chi connectivity index (χ1) is 12.3. The Morgan fingerprint density at radius 1 is 1.32 bits per heavy atom. The lowest BCUT2D eigenvalue weighted by molar-refractivity contribution is 0.207. The summed E-state index contributed by atoms with van der Waals surface area (Å²) in [5.74, 6) is 0. The fourth-order valence-corrected chi connectivity index (χ4v) is 4.05. The lowest BCUT2D eigenvalue weighted by Gasteiger charge is -2.24. The minimum Gasteiger partial charge on any atom is -0.317 e. The Morgan fingerprint density at radius 2 is 2.28 bits per heavy atom. The summed E-state index contributed by atoms with van der Waals surface area (Å²) in [6.45, 7) is 1.50. The van der Waals surface area contributed by atoms with Crippen LogP contribution in [0, 0.1) is 0 Å². The summed E-state index contributed by atoms with van der Waals surface area (Å²) in [5.41, 5.74) is 3.17. The third kappa shape index (κ3) is 3.58. The van der Waals surface area contributed by atoms with Crippen LogP contribution in [0.5, 0.6) is 0 Å². The molecule has 4 rings (SSSR count). The number of urea groups is 1. The maximum atomic E-state index is 12.7. The van der Waals surface area contributed by atoms with Crippen LogP contribution in [-0.2, 0) is 6.54 Å². The molecule has 0 saturated carbocycles. The van der Waals surface area contributed by atoms with Gasteiger partial charge in [0.1, 0.15) is 0 Å². The zero-order valence-electron chi connectivity index (χ0n) is 13.8. The number of nitrogens with zero attached hydrogens (tertiary/aromatic N) is 3. The molecular formula is C19H20N4OS. The standard InChI is InChI=1S/C19H20N4OS/c24-19(23-10-2-6-18(23)16-7-11-25-14-16)21-17-5-1-4-15(12-17)13-22-9-3-8-20-22/h1,3-5,7-9,11-12,14,18H,2,6,10,13H2,(H,21,24)/t18-/m0/s1. The molecule has 25 heavy (non-hydrogen) atoms. The molecule has 6 heteroatoms. The average molecular weight is 352 g/mol. The van der Waals surface area contributed by atoms with Gasteiger partial charge >= 0.3 is 6.03 Å². The number of benzene rings is 1. The second-order valence-electron chi connectivity index (χ2n) is 6.24. The largest absolute Gasteiger partial charge is 0.322 e. The molecule has 1 aliphatic heterocycles. The molecule has 1 aromatic carbocycles. The molecule has 1 atom stereocenters. The van der Waals surface area contributed by atoms with E-state index < -0.39 is 0 Å². The van der Waals surface area contributed by atoms with Crippen molar-refractivity contribution in [2.75, 3.05) is 11.9 Å². The highest BCUT2D eigenvalue weighted by atomic mass is 32.1. The summed E-state index contributed by atoms with van der Waals surface area (Å²) >= 11 is 1.68. The summed E-state index contributed by atoms with van der Waals surface area (Å²) in [6.07, 6.45) is 5.78. The second-order valence-corrected chi connectivity index (χ2v) is 7.02. The van der Waals surface area contributed by atoms with E-state index >= 15 is 0 Å². The third-order valence-corrected chi connectivity index (χ3v) is 5.23. The van der Waals surface area contributed by atoms with E-state index in [1.165, 1.54) is 5.56 Å². The van der Waals surface area contributed by atoms with E-state index in [0.29, 0.717) is 6.54 Å². The lowest BCUT2D eigenvalue weighted by Crippen LogP contribution is -2.34. The first-order valence-electron chi connectivity index (χ1n) is 8.46. The van der Waals surface area contributed by atoms with Crippen molar-refractivity contribution in [3.05, 3.63) is 70.7 Å². The van der Waals surface area contributed by atoms with E-state index in [1.807, 2.05) is 46.1 Å². The fourth-order valence-electron chi connectivity index (χ4n) is 3.34. The van der Waals surface area contributed by atoms with Crippen LogP contribution in [0.1, 0.15) is 30.0 Å². The van der Waals surface area contributed by atoms with E-state index in [0.717, 1.165) is 30.6 Å². The van der Waals surface area contributed by atoms with Crippen LogP contribution < -0.4 is 5.32 Å². The minimum atomic E-state index is -0.0232. The van der Waals surface area contributed by atoms with E-state index in [1.54, 1.807) is 17.5 Å². The van der Waals surface area contributed by atoms with Crippen LogP contribution in [0.3, 0.4) is 0 Å². The molecule has 3 heterocycles. The van der Waals surface area contributed by atoms with Gasteiger partial charge in [-0.3, -0.25) is 4.68 Å². The average Bonchev–Trinajstić information content (AvgIpc) is 3.36. The highest BCUT2D eigenvalue weighted by molar-refractivity contribution is 7.08. The number of amides is 2. The first kappa shape index (κ1) is 15.9. The smallest absolute Gasteiger partial charge is 0.317 e. The van der Waals surface area contributed by atoms with Gasteiger partial charge in [0.25, 0.3) is 0 Å². The Balaban J connectivity index is 1.45. The molecule has 0 radical (unpaired) electrons. The SMILES string of the molecule is O=C(Nc1cccc(Cn2cccn2)c1)N1CCC[C@H]1c1ccsc1. The highest BCUT2D eigenvalue weighted by Crippen LogP contribution is 2.33. The molecule has 0 bridgehead atoms. The number of aromatic nitrogens is 2. The topological polar surface area (TPSA) is 50.2 Å². The lowest BCUT2D eigenvalue weighted by atomic mass is 10.1. The number of anilines is 1. The minimum absolute atomic E-state index is 0.0232. The van der Waals surface area contributed by atoms with Gasteiger partial charge in [0.15, 0.2) is 0 Å². The van der Waals surface area contributed by atoms with Crippen molar-refractivity contribution in [2.24, 2.45) is 0 Å². The highest BCUT2D eigenvalue weighted by Gasteiger charge is 2.30. The maximum Gasteiger partial charge on any atom is 0.322 e. The van der Waals surface area contributed by atoms with Crippen LogP contribution in [0.25, 0.3) is 0 Å². The van der Waals surface area contributed by atoms with Crippen molar-refractivity contribution in [1.82, 2.24) is 14.7 Å². The molecule has 3 aromatic rings. The zero-order chi connectivity index (χ0) is 17.1. The van der Waals surface area contributed by atoms with Gasteiger partial charge in [0.2, 0.25) is 0 Å². The molecule has 1 fully saturated rings. The van der Waals surface area contributed by atoms with Crippen LogP contribution in [-0.4, -0.2) is 27.3 Å². The van der Waals surface area contributed by atoms with Crippen LogP contribution in [0.4, 0.5) is 10.5 Å². The molecule has 0 unspecified atom stereocenters. The summed E-state index contributed by atoms with van der Waals surface area (Å²) in [6, 6.07) is 12.1. The first-order valence-corrected chi connectivity index (χ1v) is 9.40. The molecule has 5 nitrogen and oxygen atoms in total. The molecular weight excluding hydrogens is 332 g/mol. The summed E-state index contributed by atoms with van der Waals surface area (Å²) < 4.78 is 1.87. The summed E-state index contributed by atoms with van der Waals surface area (Å²) in [4.78, 5) is 14.7. The Hall–Kier alpha value is -2.60. The molecule has 1 saturated heterocycles. The third-order valence-electron chi connectivity index (χ3n) is 4.52. The molecule has 1 N–H and O–H groups in total. The second kappa shape index (κ2) is 7.11. The van der Waals surface area contributed by atoms with Gasteiger partial charge in [-0.05, 0) is 59.0 Å². The number of thiophene rings is 1. The van der Waals surface area contributed by atoms with Crippen LogP contribution >= 0.6 is 11.3 Å². The van der Waals surface area contributed by atoms with Gasteiger partial charge in [0, 0.05) is 24.6 Å². The predicted octanol–water partition coefficient (Wildman–Crippen LogP) is 4.36. The Kier molecular flexibility index (Phi) is 4.52. The molecule has 1 aliphatic rings. The predicted molar refractivity (Wildman–Crippen MR) is 99.8 cm³/mol. The van der Waals surface area contributed by atoms with Crippen molar-refractivity contribution in [1.29, 1.82) is 0 Å². The van der Waals surface area contributed by atoms with E-state index in [-0.39, 0.29) is 12.1 Å². The number of carbonyl (C=O) groups is 1. The van der Waals surface area contributed by atoms with Gasteiger partial charge in [0.05, 0.1) is 12.6 Å². The molecule has 128 valence electrons. The van der Waals surface area contributed by atoms with Gasteiger partial charge in [-0.2, -0.15) is 16.4 Å². The zero-order valence-corrected chi connectivity index (χ0v) is 14.7. The number of hydrogen-bond acceptors (Lipinski definition) is 3. The number of nitrogens with one attached hydrogen (secondary N) is 1. The van der Waals surface area contributed by atoms with Gasteiger partial charge in [-0.15, -0.1) is 0 Å². The summed E-state index contributed by atoms with van der Waals surface area (Å²) in [7, 11) is 0. The molecule has 2 aromatic heterocycles. The van der Waals surface area contributed by atoms with Crippen molar-refractivity contribution < 1.29 is 4.79 Å². The monoisotopic (exact) mass is 352 g/mol. The van der Waals surface area contributed by atoms with E-state index in [4.69, 9.17) is 0 Å². The van der Waals surface area contributed by atoms with Gasteiger partial charge in [-0.25, -0.2) is 4.79 Å². The van der Waals surface area contributed by atoms with Crippen LogP contribution in [0.2, 0.25) is 0 Å². The number of rotatable bonds is 4.